The molecule has 1 atom stereocenters. The van der Waals surface area contributed by atoms with Gasteiger partial charge in [-0.15, -0.1) is 0 Å². The van der Waals surface area contributed by atoms with Crippen LogP contribution >= 0.6 is 0 Å². The Morgan fingerprint density at radius 2 is 1.94 bits per heavy atom. The van der Waals surface area contributed by atoms with Crippen LogP contribution in [0.25, 0.3) is 0 Å². The summed E-state index contributed by atoms with van der Waals surface area (Å²) in [6.07, 6.45) is 2.01. The standard InChI is InChI=1S/C14H16N2O2/c1-14(9-7-8-9)13(18)16(2)11-6-4-3-5-10(11)12(17)15-14/h3-6,9H,7-8H2,1-2H3,(H,15,17). The molecule has 1 aromatic rings. The van der Waals surface area contributed by atoms with Crippen LogP contribution in [-0.4, -0.2) is 24.4 Å². The van der Waals surface area contributed by atoms with Gasteiger partial charge in [0.25, 0.3) is 11.8 Å². The highest BCUT2D eigenvalue weighted by Crippen LogP contribution is 2.42. The summed E-state index contributed by atoms with van der Waals surface area (Å²) in [5, 5.41) is 2.92. The van der Waals surface area contributed by atoms with Crippen LogP contribution in [0.3, 0.4) is 0 Å². The fraction of sp³-hybridized carbons (Fsp3) is 0.429. The van der Waals surface area contributed by atoms with E-state index in [9.17, 15) is 9.59 Å². The summed E-state index contributed by atoms with van der Waals surface area (Å²) >= 11 is 0. The van der Waals surface area contributed by atoms with Gasteiger partial charge in [-0.05, 0) is 37.8 Å². The molecule has 0 saturated heterocycles. The molecule has 4 heteroatoms. The molecule has 1 saturated carbocycles. The normalized spacial score (nSPS) is 27.6. The van der Waals surface area contributed by atoms with Crippen LogP contribution < -0.4 is 10.2 Å². The van der Waals surface area contributed by atoms with E-state index in [2.05, 4.69) is 5.32 Å². The molecule has 1 unspecified atom stereocenters. The summed E-state index contributed by atoms with van der Waals surface area (Å²) in [6, 6.07) is 7.23. The lowest BCUT2D eigenvalue weighted by atomic mass is 9.94. The number of hydrogen-bond donors (Lipinski definition) is 1. The summed E-state index contributed by atoms with van der Waals surface area (Å²) in [6.45, 7) is 1.84. The third kappa shape index (κ3) is 1.45. The van der Waals surface area contributed by atoms with E-state index < -0.39 is 5.54 Å². The highest BCUT2D eigenvalue weighted by atomic mass is 16.2. The summed E-state index contributed by atoms with van der Waals surface area (Å²) in [7, 11) is 1.74. The smallest absolute Gasteiger partial charge is 0.254 e. The fourth-order valence-electron chi connectivity index (χ4n) is 2.71. The number of benzene rings is 1. The number of likely N-dealkylation sites (N-methyl/N-ethyl adjacent to an activating group) is 1. The average molecular weight is 244 g/mol. The number of hydrogen-bond acceptors (Lipinski definition) is 2. The van der Waals surface area contributed by atoms with E-state index in [0.717, 1.165) is 12.8 Å². The molecule has 1 aromatic carbocycles. The van der Waals surface area contributed by atoms with Crippen LogP contribution in [0.15, 0.2) is 24.3 Å². The maximum absolute atomic E-state index is 12.6. The van der Waals surface area contributed by atoms with Gasteiger partial charge in [-0.25, -0.2) is 0 Å². The molecule has 0 aromatic heterocycles. The van der Waals surface area contributed by atoms with Crippen molar-refractivity contribution in [2.45, 2.75) is 25.3 Å². The second-order valence-corrected chi connectivity index (χ2v) is 5.31. The zero-order valence-corrected chi connectivity index (χ0v) is 10.6. The number of fused-ring (bicyclic) bond motifs is 1. The molecule has 1 fully saturated rings. The quantitative estimate of drug-likeness (QED) is 0.815. The summed E-state index contributed by atoms with van der Waals surface area (Å²) < 4.78 is 0. The molecule has 0 bridgehead atoms. The summed E-state index contributed by atoms with van der Waals surface area (Å²) in [4.78, 5) is 26.4. The van der Waals surface area contributed by atoms with Crippen LogP contribution in [0.4, 0.5) is 5.69 Å². The summed E-state index contributed by atoms with van der Waals surface area (Å²) in [5.74, 6) is 0.0895. The van der Waals surface area contributed by atoms with Crippen molar-refractivity contribution in [3.63, 3.8) is 0 Å². The fourth-order valence-corrected chi connectivity index (χ4v) is 2.71. The topological polar surface area (TPSA) is 49.4 Å². The predicted octanol–water partition coefficient (Wildman–Crippen LogP) is 1.56. The van der Waals surface area contributed by atoms with E-state index in [4.69, 9.17) is 0 Å². The van der Waals surface area contributed by atoms with Crippen LogP contribution in [0.1, 0.15) is 30.1 Å². The van der Waals surface area contributed by atoms with Gasteiger partial charge in [0.1, 0.15) is 5.54 Å². The lowest BCUT2D eigenvalue weighted by Gasteiger charge is -2.30. The van der Waals surface area contributed by atoms with E-state index >= 15 is 0 Å². The SMILES string of the molecule is CN1C(=O)C(C)(C2CC2)NC(=O)c2ccccc21. The molecule has 0 radical (unpaired) electrons. The number of amides is 2. The first kappa shape index (κ1) is 11.3. The van der Waals surface area contributed by atoms with Crippen LogP contribution in [-0.2, 0) is 4.79 Å². The number of carbonyl (C=O) groups excluding carboxylic acids is 2. The Labute approximate surface area is 106 Å². The van der Waals surface area contributed by atoms with Crippen molar-refractivity contribution in [3.8, 4) is 0 Å². The van der Waals surface area contributed by atoms with Crippen molar-refractivity contribution in [2.24, 2.45) is 5.92 Å². The number of nitrogens with one attached hydrogen (secondary N) is 1. The molecule has 94 valence electrons. The van der Waals surface area contributed by atoms with Gasteiger partial charge in [-0.2, -0.15) is 0 Å². The molecule has 1 aliphatic heterocycles. The Morgan fingerprint density at radius 3 is 2.61 bits per heavy atom. The molecule has 2 aliphatic rings. The predicted molar refractivity (Wildman–Crippen MR) is 68.4 cm³/mol. The maximum Gasteiger partial charge on any atom is 0.254 e. The molecular formula is C14H16N2O2. The molecule has 4 nitrogen and oxygen atoms in total. The van der Waals surface area contributed by atoms with Gasteiger partial charge in [0.05, 0.1) is 11.3 Å². The molecule has 2 amide bonds. The Kier molecular flexibility index (Phi) is 2.24. The minimum absolute atomic E-state index is 0.0247. The van der Waals surface area contributed by atoms with Gasteiger partial charge >= 0.3 is 0 Å². The molecule has 18 heavy (non-hydrogen) atoms. The number of anilines is 1. The molecule has 1 aliphatic carbocycles. The Bertz CT molecular complexity index is 536. The highest BCUT2D eigenvalue weighted by molar-refractivity contribution is 6.12. The highest BCUT2D eigenvalue weighted by Gasteiger charge is 2.51. The minimum atomic E-state index is -0.759. The number of carbonyl (C=O) groups is 2. The van der Waals surface area contributed by atoms with Crippen molar-refractivity contribution in [3.05, 3.63) is 29.8 Å². The van der Waals surface area contributed by atoms with E-state index in [1.165, 1.54) is 0 Å². The first-order chi connectivity index (χ1) is 8.54. The molecular weight excluding hydrogens is 228 g/mol. The minimum Gasteiger partial charge on any atom is -0.338 e. The van der Waals surface area contributed by atoms with Gasteiger partial charge in [-0.1, -0.05) is 12.1 Å². The van der Waals surface area contributed by atoms with Crippen molar-refractivity contribution < 1.29 is 9.59 Å². The van der Waals surface area contributed by atoms with Crippen molar-refractivity contribution in [1.82, 2.24) is 5.32 Å². The molecule has 3 rings (SSSR count). The second-order valence-electron chi connectivity index (χ2n) is 5.31. The van der Waals surface area contributed by atoms with E-state index in [-0.39, 0.29) is 17.7 Å². The lowest BCUT2D eigenvalue weighted by Crippen LogP contribution is -2.56. The lowest BCUT2D eigenvalue weighted by molar-refractivity contribution is -0.124. The average Bonchev–Trinajstić information content (AvgIpc) is 3.20. The molecule has 0 spiro atoms. The van der Waals surface area contributed by atoms with Crippen LogP contribution in [0.2, 0.25) is 0 Å². The Morgan fingerprint density at radius 1 is 1.28 bits per heavy atom. The van der Waals surface area contributed by atoms with Gasteiger partial charge in [0.2, 0.25) is 0 Å². The van der Waals surface area contributed by atoms with Gasteiger partial charge in [0.15, 0.2) is 0 Å². The van der Waals surface area contributed by atoms with Gasteiger partial charge in [0, 0.05) is 7.05 Å². The number of nitrogens with zero attached hydrogens (tertiary/aromatic N) is 1. The van der Waals surface area contributed by atoms with E-state index in [0.29, 0.717) is 11.3 Å². The van der Waals surface area contributed by atoms with Crippen molar-refractivity contribution >= 4 is 17.5 Å². The largest absolute Gasteiger partial charge is 0.338 e. The second kappa shape index (κ2) is 3.57. The maximum atomic E-state index is 12.6. The van der Waals surface area contributed by atoms with Crippen molar-refractivity contribution in [1.29, 1.82) is 0 Å². The number of para-hydroxylation sites is 1. The van der Waals surface area contributed by atoms with Gasteiger partial charge < -0.3 is 10.2 Å². The monoisotopic (exact) mass is 244 g/mol. The van der Waals surface area contributed by atoms with E-state index in [1.54, 1.807) is 18.0 Å². The summed E-state index contributed by atoms with van der Waals surface area (Å²) in [5.41, 5.74) is 0.493. The van der Waals surface area contributed by atoms with Crippen LogP contribution in [0.5, 0.6) is 0 Å². The zero-order chi connectivity index (χ0) is 12.9. The molecule has 1 heterocycles. The third-order valence-electron chi connectivity index (χ3n) is 4.03. The zero-order valence-electron chi connectivity index (χ0n) is 10.6. The number of rotatable bonds is 1. The van der Waals surface area contributed by atoms with Gasteiger partial charge in [-0.3, -0.25) is 9.59 Å². The molecule has 1 N–H and O–H groups in total. The van der Waals surface area contributed by atoms with E-state index in [1.807, 2.05) is 25.1 Å². The van der Waals surface area contributed by atoms with Crippen LogP contribution in [0, 0.1) is 5.92 Å². The Hall–Kier alpha value is -1.84. The third-order valence-corrected chi connectivity index (χ3v) is 4.03. The van der Waals surface area contributed by atoms with Crippen molar-refractivity contribution in [2.75, 3.05) is 11.9 Å². The Balaban J connectivity index is 2.12. The first-order valence-corrected chi connectivity index (χ1v) is 6.24. The first-order valence-electron chi connectivity index (χ1n) is 6.24.